The summed E-state index contributed by atoms with van der Waals surface area (Å²) < 4.78 is 18.2. The molecule has 4 N–H and O–H groups in total. The number of guanidine groups is 1. The van der Waals surface area contributed by atoms with E-state index in [2.05, 4.69) is 15.7 Å². The fraction of sp³-hybridized carbons (Fsp3) is 0.300. The fourth-order valence-corrected chi connectivity index (χ4v) is 1.26. The monoisotopic (exact) mass is 260 g/mol. The number of methoxy groups -OCH3 is 1. The predicted molar refractivity (Wildman–Crippen MR) is 66.5 cm³/mol. The molecule has 7 heteroatoms. The first-order chi connectivity index (χ1) is 8.17. The van der Waals surface area contributed by atoms with Gasteiger partial charge >= 0.3 is 0 Å². The van der Waals surface area contributed by atoms with Gasteiger partial charge in [-0.1, -0.05) is 11.6 Å². The molecule has 1 rings (SSSR count). The number of ether oxygens (including phenoxy) is 1. The predicted octanol–water partition coefficient (Wildman–Crippen LogP) is 1.36. The van der Waals surface area contributed by atoms with Crippen LogP contribution in [0.4, 0.5) is 10.1 Å². The van der Waals surface area contributed by atoms with Crippen LogP contribution in [0.3, 0.4) is 0 Å². The normalized spacial score (nSPS) is 11.4. The first-order valence-corrected chi connectivity index (χ1v) is 5.27. The molecule has 0 aliphatic rings. The van der Waals surface area contributed by atoms with Crippen molar-refractivity contribution >= 4 is 23.2 Å². The number of nitrogens with one attached hydrogen (secondary N) is 2. The van der Waals surface area contributed by atoms with Crippen molar-refractivity contribution in [1.29, 1.82) is 0 Å². The second kappa shape index (κ2) is 7.05. The smallest absolute Gasteiger partial charge is 0.210 e. The van der Waals surface area contributed by atoms with Crippen LogP contribution in [0.2, 0.25) is 5.02 Å². The van der Waals surface area contributed by atoms with Gasteiger partial charge in [-0.2, -0.15) is 0 Å². The Labute approximate surface area is 104 Å². The van der Waals surface area contributed by atoms with Crippen molar-refractivity contribution in [2.24, 2.45) is 10.8 Å². The molecule has 0 fully saturated rings. The maximum Gasteiger partial charge on any atom is 0.210 e. The Kier molecular flexibility index (Phi) is 5.68. The standard InChI is InChI=1S/C10H14ClFN4O/c1-17-5-4-14-10(16-13)15-9-6-7(11)2-3-8(9)12/h2-3,6H,4-5,13H2,1H3,(H2,14,15,16). The average molecular weight is 261 g/mol. The van der Waals surface area contributed by atoms with Gasteiger partial charge in [0.2, 0.25) is 5.96 Å². The van der Waals surface area contributed by atoms with E-state index in [0.29, 0.717) is 18.2 Å². The van der Waals surface area contributed by atoms with Gasteiger partial charge < -0.3 is 10.1 Å². The molecule has 0 heterocycles. The third-order valence-electron chi connectivity index (χ3n) is 1.88. The van der Waals surface area contributed by atoms with Crippen molar-refractivity contribution in [1.82, 2.24) is 5.43 Å². The minimum Gasteiger partial charge on any atom is -0.383 e. The molecule has 94 valence electrons. The number of anilines is 1. The number of benzene rings is 1. The Morgan fingerprint density at radius 3 is 3.00 bits per heavy atom. The quantitative estimate of drug-likeness (QED) is 0.251. The summed E-state index contributed by atoms with van der Waals surface area (Å²) >= 11 is 5.75. The van der Waals surface area contributed by atoms with E-state index in [1.807, 2.05) is 0 Å². The van der Waals surface area contributed by atoms with E-state index >= 15 is 0 Å². The molecule has 0 aliphatic heterocycles. The largest absolute Gasteiger partial charge is 0.383 e. The van der Waals surface area contributed by atoms with Crippen molar-refractivity contribution in [3.05, 3.63) is 29.0 Å². The maximum absolute atomic E-state index is 13.4. The van der Waals surface area contributed by atoms with Crippen molar-refractivity contribution in [2.45, 2.75) is 0 Å². The zero-order chi connectivity index (χ0) is 12.7. The van der Waals surface area contributed by atoms with Crippen LogP contribution in [-0.4, -0.2) is 26.2 Å². The van der Waals surface area contributed by atoms with Crippen LogP contribution in [0.25, 0.3) is 0 Å². The zero-order valence-electron chi connectivity index (χ0n) is 9.34. The van der Waals surface area contributed by atoms with E-state index in [4.69, 9.17) is 22.2 Å². The van der Waals surface area contributed by atoms with Gasteiger partial charge in [-0.15, -0.1) is 0 Å². The summed E-state index contributed by atoms with van der Waals surface area (Å²) in [7, 11) is 1.56. The first kappa shape index (κ1) is 13.7. The highest BCUT2D eigenvalue weighted by atomic mass is 35.5. The number of nitrogens with two attached hydrogens (primary N) is 1. The summed E-state index contributed by atoms with van der Waals surface area (Å²) in [5.74, 6) is 5.05. The average Bonchev–Trinajstić information content (AvgIpc) is 2.32. The number of halogens is 2. The second-order valence-corrected chi connectivity index (χ2v) is 3.55. The molecule has 0 amide bonds. The number of hydrogen-bond acceptors (Lipinski definition) is 3. The highest BCUT2D eigenvalue weighted by Crippen LogP contribution is 2.19. The minimum absolute atomic E-state index is 0.201. The molecule has 17 heavy (non-hydrogen) atoms. The van der Waals surface area contributed by atoms with Gasteiger partial charge in [0.1, 0.15) is 5.82 Å². The number of hydrazine groups is 1. The topological polar surface area (TPSA) is 71.7 Å². The van der Waals surface area contributed by atoms with E-state index < -0.39 is 5.82 Å². The Bertz CT molecular complexity index is 400. The third kappa shape index (κ3) is 4.56. The molecule has 1 aromatic carbocycles. The molecule has 0 saturated heterocycles. The Morgan fingerprint density at radius 1 is 1.59 bits per heavy atom. The summed E-state index contributed by atoms with van der Waals surface area (Å²) in [5.41, 5.74) is 2.53. The van der Waals surface area contributed by atoms with Gasteiger partial charge in [0, 0.05) is 12.1 Å². The highest BCUT2D eigenvalue weighted by molar-refractivity contribution is 6.30. The summed E-state index contributed by atoms with van der Waals surface area (Å²) in [5, 5.41) is 3.11. The zero-order valence-corrected chi connectivity index (χ0v) is 10.1. The van der Waals surface area contributed by atoms with Crippen molar-refractivity contribution in [3.8, 4) is 0 Å². The summed E-state index contributed by atoms with van der Waals surface area (Å²) in [4.78, 5) is 4.03. The molecule has 0 aliphatic carbocycles. The molecule has 0 atom stereocenters. The van der Waals surface area contributed by atoms with Gasteiger partial charge in [-0.3, -0.25) is 5.43 Å². The number of nitrogens with zero attached hydrogens (tertiary/aromatic N) is 1. The summed E-state index contributed by atoms with van der Waals surface area (Å²) in [6, 6.07) is 4.16. The Hall–Kier alpha value is -1.37. The van der Waals surface area contributed by atoms with Crippen LogP contribution < -0.4 is 16.6 Å². The van der Waals surface area contributed by atoms with Crippen molar-refractivity contribution < 1.29 is 9.13 Å². The van der Waals surface area contributed by atoms with Crippen LogP contribution in [0.5, 0.6) is 0 Å². The molecule has 0 aromatic heterocycles. The van der Waals surface area contributed by atoms with Crippen molar-refractivity contribution in [2.75, 3.05) is 25.6 Å². The van der Waals surface area contributed by atoms with Gasteiger partial charge in [0.15, 0.2) is 0 Å². The van der Waals surface area contributed by atoms with Crippen LogP contribution in [0, 0.1) is 5.82 Å². The lowest BCUT2D eigenvalue weighted by Crippen LogP contribution is -2.36. The maximum atomic E-state index is 13.4. The molecule has 0 bridgehead atoms. The molecular formula is C10H14ClFN4O. The Morgan fingerprint density at radius 2 is 2.35 bits per heavy atom. The minimum atomic E-state index is -0.441. The first-order valence-electron chi connectivity index (χ1n) is 4.89. The number of aliphatic imine (C=N–C) groups is 1. The van der Waals surface area contributed by atoms with E-state index in [1.54, 1.807) is 7.11 Å². The highest BCUT2D eigenvalue weighted by Gasteiger charge is 2.04. The molecular weight excluding hydrogens is 247 g/mol. The SMILES string of the molecule is COCCN=C(NN)Nc1cc(Cl)ccc1F. The molecule has 0 spiro atoms. The molecule has 1 aromatic rings. The van der Waals surface area contributed by atoms with Gasteiger partial charge in [-0.05, 0) is 18.2 Å². The van der Waals surface area contributed by atoms with Crippen molar-refractivity contribution in [3.63, 3.8) is 0 Å². The Balaban J connectivity index is 2.73. The second-order valence-electron chi connectivity index (χ2n) is 3.12. The number of hydrogen-bond donors (Lipinski definition) is 3. The van der Waals surface area contributed by atoms with E-state index in [1.165, 1.54) is 18.2 Å². The summed E-state index contributed by atoms with van der Waals surface area (Å²) in [6.45, 7) is 0.857. The summed E-state index contributed by atoms with van der Waals surface area (Å²) in [6.07, 6.45) is 0. The lowest BCUT2D eigenvalue weighted by Gasteiger charge is -2.10. The lowest BCUT2D eigenvalue weighted by molar-refractivity contribution is 0.208. The molecule has 5 nitrogen and oxygen atoms in total. The number of rotatable bonds is 4. The van der Waals surface area contributed by atoms with Crippen LogP contribution in [-0.2, 0) is 4.74 Å². The molecule has 0 saturated carbocycles. The fourth-order valence-electron chi connectivity index (χ4n) is 1.09. The van der Waals surface area contributed by atoms with Crippen LogP contribution in [0.15, 0.2) is 23.2 Å². The van der Waals surface area contributed by atoms with E-state index in [-0.39, 0.29) is 11.6 Å². The lowest BCUT2D eigenvalue weighted by atomic mass is 10.3. The van der Waals surface area contributed by atoms with Crippen LogP contribution >= 0.6 is 11.6 Å². The van der Waals surface area contributed by atoms with Crippen LogP contribution in [0.1, 0.15) is 0 Å². The molecule has 0 radical (unpaired) electrons. The third-order valence-corrected chi connectivity index (χ3v) is 2.12. The molecule has 0 unspecified atom stereocenters. The van der Waals surface area contributed by atoms with Gasteiger partial charge in [0.05, 0.1) is 18.8 Å². The van der Waals surface area contributed by atoms with E-state index in [0.717, 1.165) is 0 Å². The van der Waals surface area contributed by atoms with E-state index in [9.17, 15) is 4.39 Å². The van der Waals surface area contributed by atoms with Gasteiger partial charge in [0.25, 0.3) is 0 Å². The van der Waals surface area contributed by atoms with Gasteiger partial charge in [-0.25, -0.2) is 15.2 Å².